The molecule has 0 fully saturated rings. The molecule has 0 bridgehead atoms. The van der Waals surface area contributed by atoms with Gasteiger partial charge in [0.2, 0.25) is 0 Å². The van der Waals surface area contributed by atoms with Gasteiger partial charge in [-0.2, -0.15) is 0 Å². The number of fused-ring (bicyclic) bond motifs is 2. The topological polar surface area (TPSA) is 162 Å². The van der Waals surface area contributed by atoms with Gasteiger partial charge in [-0.25, -0.2) is 22.5 Å². The second-order valence-electron chi connectivity index (χ2n) is 19.0. The van der Waals surface area contributed by atoms with Gasteiger partial charge in [-0.1, -0.05) is 64.6 Å². The van der Waals surface area contributed by atoms with Crippen LogP contribution in [-0.4, -0.2) is 83.7 Å². The van der Waals surface area contributed by atoms with Crippen molar-refractivity contribution in [2.24, 2.45) is 0 Å². The fourth-order valence-corrected chi connectivity index (χ4v) is 14.3. The summed E-state index contributed by atoms with van der Waals surface area (Å²) < 4.78 is 108. The maximum Gasteiger partial charge on any atom is 0.0983 e. The van der Waals surface area contributed by atoms with E-state index in [1.165, 1.54) is 108 Å². The standard InChI is InChI=1S/C32H26F3I2N3O3.C31H24F2N2O5.C2H4FI/c1-18-29(20-5-7-21(34)8-6-20)31(42)22(17-40(18)13-11-33)26(41)15-19-4-9-27(23(35)14-19)43-28-10-12-38-25-16-24(36-2)32(37-3)39-30(25)28;1-17-4-10-21(30(37)28(17)19-6-8-20(32)9-7-19)24(36)15-18-5-11-25(22(33)14-18)40-26-12-13-34-23-16-27(38-2)31(39-3)35-29(23)26;3-1-2-4/h4-10,12,14,16-17H,11,13,15H2,1-3H3;5-14,16H,4,15H2,1-3H3;1-2H2/q-2;;. The molecule has 0 unspecified atom stereocenters. The maximum absolute atomic E-state index is 15.3. The molecule has 10 rings (SSSR count). The van der Waals surface area contributed by atoms with Gasteiger partial charge in [-0.15, -0.1) is 0 Å². The summed E-state index contributed by atoms with van der Waals surface area (Å²) in [5.74, 6) is -2.54. The third-order valence-corrected chi connectivity index (χ3v) is 18.7. The van der Waals surface area contributed by atoms with Gasteiger partial charge in [0.1, 0.15) is 23.8 Å². The molecule has 13 nitrogen and oxygen atoms in total. The molecule has 22 heteroatoms. The molecule has 1 aliphatic carbocycles. The van der Waals surface area contributed by atoms with Gasteiger partial charge in [0.15, 0.2) is 40.1 Å². The minimum atomic E-state index is -0.711. The van der Waals surface area contributed by atoms with Crippen molar-refractivity contribution < 1.29 is 102 Å². The molecule has 5 heterocycles. The summed E-state index contributed by atoms with van der Waals surface area (Å²) in [4.78, 5) is 75.3. The predicted octanol–water partition coefficient (Wildman–Crippen LogP) is 7.60. The minimum Gasteiger partial charge on any atom is -0.250 e. The SMILES string of the molecule is COc1cc2nccc(Oc3ccc(CC(=O)C4=CCC(C)=C(c5ccc(F)cc5)C4=O)cc3F)c2nc1OC.C[I-]c1cc2nccc(Oc3ccc(CC(=O)c4cn(CCF)c(C)c(-c5ccc(F)cc5)c4=O)cc3F)c2nc1[I-]C.FCCI. The fourth-order valence-electron chi connectivity index (χ4n) is 9.25. The van der Waals surface area contributed by atoms with Crippen LogP contribution in [0.5, 0.6) is 34.6 Å². The first-order valence-electron chi connectivity index (χ1n) is 26.5. The first kappa shape index (κ1) is 65.4. The Labute approximate surface area is 530 Å². The molecule has 0 saturated heterocycles. The van der Waals surface area contributed by atoms with E-state index in [0.29, 0.717) is 77.9 Å². The third kappa shape index (κ3) is 15.6. The van der Waals surface area contributed by atoms with E-state index in [1.807, 2.05) is 28.7 Å². The summed E-state index contributed by atoms with van der Waals surface area (Å²) >= 11 is 1.55. The predicted molar refractivity (Wildman–Crippen MR) is 319 cm³/mol. The van der Waals surface area contributed by atoms with Gasteiger partial charge in [0.25, 0.3) is 5.88 Å². The zero-order chi connectivity index (χ0) is 62.5. The van der Waals surface area contributed by atoms with Gasteiger partial charge in [0, 0.05) is 52.2 Å². The number of rotatable bonds is 19. The van der Waals surface area contributed by atoms with E-state index < -0.39 is 52.7 Å². The number of allylic oxidation sites excluding steroid dienone is 4. The zero-order valence-corrected chi connectivity index (χ0v) is 54.0. The Morgan fingerprint density at radius 2 is 1.20 bits per heavy atom. The Bertz CT molecular complexity index is 4190. The molecule has 452 valence electrons. The molecule has 4 aromatic carbocycles. The van der Waals surface area contributed by atoms with E-state index in [-0.39, 0.29) is 108 Å². The monoisotopic (exact) mass is 1530 g/mol. The van der Waals surface area contributed by atoms with E-state index in [2.05, 4.69) is 24.8 Å². The second kappa shape index (κ2) is 30.4. The number of carbonyl (C=O) groups excluding carboxylic acids is 3. The summed E-state index contributed by atoms with van der Waals surface area (Å²) in [5, 5.41) is 0. The van der Waals surface area contributed by atoms with Crippen molar-refractivity contribution >= 4 is 67.6 Å². The number of alkyl halides is 5. The molecule has 87 heavy (non-hydrogen) atoms. The molecule has 9 aromatic rings. The Kier molecular flexibility index (Phi) is 22.8. The Hall–Kier alpha value is -7.59. The van der Waals surface area contributed by atoms with Crippen LogP contribution in [0.15, 0.2) is 150 Å². The first-order chi connectivity index (χ1) is 41.9. The Balaban J connectivity index is 0.000000213. The van der Waals surface area contributed by atoms with Gasteiger partial charge in [0.05, 0.1) is 38.5 Å². The fraction of sp³-hybridized carbons (Fsp3) is 0.200. The van der Waals surface area contributed by atoms with Crippen molar-refractivity contribution in [3.05, 3.63) is 214 Å². The van der Waals surface area contributed by atoms with E-state index in [4.69, 9.17) is 23.9 Å². The normalized spacial score (nSPS) is 12.1. The number of hydrogen-bond acceptors (Lipinski definition) is 12. The number of nitrogens with zero attached hydrogens (tertiary/aromatic N) is 5. The molecule has 0 radical (unpaired) electrons. The molecule has 0 aliphatic heterocycles. The minimum absolute atomic E-state index is 0.0318. The number of carbonyl (C=O) groups is 3. The van der Waals surface area contributed by atoms with Crippen LogP contribution >= 0.6 is 22.6 Å². The zero-order valence-electron chi connectivity index (χ0n) is 47.6. The first-order valence-corrected chi connectivity index (χ1v) is 34.5. The number of benzene rings is 4. The van der Waals surface area contributed by atoms with Crippen LogP contribution < -0.4 is 66.8 Å². The summed E-state index contributed by atoms with van der Waals surface area (Å²) in [6.07, 6.45) is 5.99. The van der Waals surface area contributed by atoms with Crippen molar-refractivity contribution in [3.63, 3.8) is 0 Å². The van der Waals surface area contributed by atoms with Crippen LogP contribution in [0.2, 0.25) is 0 Å². The van der Waals surface area contributed by atoms with Crippen LogP contribution in [0.4, 0.5) is 26.3 Å². The largest absolute Gasteiger partial charge is 0.250 e. The summed E-state index contributed by atoms with van der Waals surface area (Å²) in [5.41, 5.74) is 4.88. The average Bonchev–Trinajstić information content (AvgIpc) is 1.19. The van der Waals surface area contributed by atoms with Crippen molar-refractivity contribution in [1.82, 2.24) is 24.5 Å². The molecule has 1 aliphatic rings. The number of hydrogen-bond donors (Lipinski definition) is 0. The number of methoxy groups -OCH3 is 2. The number of halogens is 9. The van der Waals surface area contributed by atoms with Crippen LogP contribution in [0.1, 0.15) is 46.1 Å². The van der Waals surface area contributed by atoms with Gasteiger partial charge >= 0.3 is 172 Å². The summed E-state index contributed by atoms with van der Waals surface area (Å²) in [6.45, 7) is 2.48. The maximum atomic E-state index is 15.3. The quantitative estimate of drug-likeness (QED) is 0.0195. The second-order valence-corrected chi connectivity index (χ2v) is 24.5. The van der Waals surface area contributed by atoms with E-state index in [9.17, 15) is 36.7 Å². The number of pyridine rings is 5. The molecule has 0 saturated carbocycles. The van der Waals surface area contributed by atoms with Gasteiger partial charge < -0.3 is 18.8 Å². The number of aryl methyl sites for hydroxylation is 1. The van der Waals surface area contributed by atoms with Crippen molar-refractivity contribution in [2.45, 2.75) is 39.7 Å². The van der Waals surface area contributed by atoms with Crippen LogP contribution in [0.25, 0.3) is 38.8 Å². The van der Waals surface area contributed by atoms with E-state index in [1.54, 1.807) is 56.5 Å². The third-order valence-electron chi connectivity index (χ3n) is 13.5. The molecular formula is C65H54F6I3N5O8-2. The summed E-state index contributed by atoms with van der Waals surface area (Å²) in [6, 6.07) is 26.1. The molecule has 0 amide bonds. The Morgan fingerprint density at radius 1 is 0.644 bits per heavy atom. The average molecular weight is 1530 g/mol. The van der Waals surface area contributed by atoms with E-state index in [0.717, 1.165) is 9.27 Å². The van der Waals surface area contributed by atoms with Crippen molar-refractivity contribution in [2.75, 3.05) is 41.9 Å². The number of aromatic nitrogens is 5. The number of ether oxygens (including phenoxy) is 4. The molecule has 0 N–H and O–H groups in total. The number of Topliss-reactive ketones (excluding diaryl/α,β-unsaturated/α-hetero) is 3. The Morgan fingerprint density at radius 3 is 1.71 bits per heavy atom. The van der Waals surface area contributed by atoms with Gasteiger partial charge in [-0.05, 0) is 73.4 Å². The van der Waals surface area contributed by atoms with Crippen molar-refractivity contribution in [1.29, 1.82) is 0 Å². The number of ketones is 3. The van der Waals surface area contributed by atoms with E-state index >= 15 is 8.78 Å². The van der Waals surface area contributed by atoms with Crippen LogP contribution in [0.3, 0.4) is 0 Å². The molecular weight excluding hydrogens is 1470 g/mol. The smallest absolute Gasteiger partial charge is 0.0983 e. The molecule has 0 spiro atoms. The summed E-state index contributed by atoms with van der Waals surface area (Å²) in [7, 11) is 2.93. The van der Waals surface area contributed by atoms with Crippen molar-refractivity contribution in [3.8, 4) is 45.8 Å². The molecule has 5 aromatic heterocycles. The molecule has 0 atom stereocenters. The van der Waals surface area contributed by atoms with Crippen LogP contribution in [0, 0.1) is 37.5 Å². The van der Waals surface area contributed by atoms with Gasteiger partial charge in [-0.3, -0.25) is 23.8 Å². The van der Waals surface area contributed by atoms with Crippen LogP contribution in [-0.2, 0) is 29.0 Å².